The van der Waals surface area contributed by atoms with Gasteiger partial charge >= 0.3 is 0 Å². The van der Waals surface area contributed by atoms with E-state index >= 15 is 0 Å². The molecule has 0 bridgehead atoms. The molecular formula is C19H26ClN3O3S. The minimum Gasteiger partial charge on any atom is -0.373 e. The van der Waals surface area contributed by atoms with E-state index in [0.717, 1.165) is 31.0 Å². The Kier molecular flexibility index (Phi) is 7.03. The summed E-state index contributed by atoms with van der Waals surface area (Å²) in [6, 6.07) is 5.39. The van der Waals surface area contributed by atoms with Gasteiger partial charge in [0.1, 0.15) is 0 Å². The van der Waals surface area contributed by atoms with Crippen LogP contribution in [0.15, 0.2) is 23.1 Å². The standard InChI is InChI=1S/C19H26ClN3O3S/c1-12-10-23(11-13(2)26-12)7-3-6-21-18(24)9-17-19(25)22-15-8-14(20)4-5-16(15)27-17/h4-5,8,12-13,17H,3,6-7,9-11H2,1-2H3,(H,21,24)(H,22,25). The SMILES string of the molecule is CC1CN(CCCNC(=O)CC2Sc3ccc(Cl)cc3NC2=O)CC(C)O1. The number of nitrogens with zero attached hydrogens (tertiary/aromatic N) is 1. The summed E-state index contributed by atoms with van der Waals surface area (Å²) in [6.45, 7) is 7.59. The molecular weight excluding hydrogens is 386 g/mol. The molecule has 0 aliphatic carbocycles. The summed E-state index contributed by atoms with van der Waals surface area (Å²) in [7, 11) is 0. The van der Waals surface area contributed by atoms with Gasteiger partial charge in [0.25, 0.3) is 0 Å². The van der Waals surface area contributed by atoms with Crippen LogP contribution >= 0.6 is 23.4 Å². The summed E-state index contributed by atoms with van der Waals surface area (Å²) in [5, 5.41) is 5.93. The molecule has 1 fully saturated rings. The van der Waals surface area contributed by atoms with E-state index in [9.17, 15) is 9.59 Å². The van der Waals surface area contributed by atoms with Crippen molar-refractivity contribution >= 4 is 40.9 Å². The van der Waals surface area contributed by atoms with Crippen LogP contribution in [0.3, 0.4) is 0 Å². The maximum Gasteiger partial charge on any atom is 0.238 e. The minimum absolute atomic E-state index is 0.0937. The van der Waals surface area contributed by atoms with Crippen LogP contribution in [0.1, 0.15) is 26.7 Å². The van der Waals surface area contributed by atoms with Crippen molar-refractivity contribution in [2.45, 2.75) is 49.0 Å². The molecule has 3 unspecified atom stereocenters. The summed E-state index contributed by atoms with van der Waals surface area (Å²) in [6.07, 6.45) is 1.56. The van der Waals surface area contributed by atoms with Gasteiger partial charge in [-0.05, 0) is 38.5 Å². The molecule has 1 aromatic rings. The topological polar surface area (TPSA) is 70.7 Å². The fourth-order valence-corrected chi connectivity index (χ4v) is 4.76. The second-order valence-electron chi connectivity index (χ2n) is 7.16. The predicted molar refractivity (Wildman–Crippen MR) is 108 cm³/mol. The maximum atomic E-state index is 12.2. The monoisotopic (exact) mass is 411 g/mol. The molecule has 2 heterocycles. The highest BCUT2D eigenvalue weighted by Crippen LogP contribution is 2.38. The summed E-state index contributed by atoms with van der Waals surface area (Å²) in [5.74, 6) is -0.245. The van der Waals surface area contributed by atoms with E-state index in [2.05, 4.69) is 29.4 Å². The highest BCUT2D eigenvalue weighted by molar-refractivity contribution is 8.01. The highest BCUT2D eigenvalue weighted by Gasteiger charge is 2.29. The summed E-state index contributed by atoms with van der Waals surface area (Å²) in [5.41, 5.74) is 0.711. The normalized spacial score (nSPS) is 25.6. The molecule has 1 aromatic carbocycles. The number of nitrogens with one attached hydrogen (secondary N) is 2. The Morgan fingerprint density at radius 1 is 1.37 bits per heavy atom. The Labute approximate surface area is 169 Å². The summed E-state index contributed by atoms with van der Waals surface area (Å²) >= 11 is 7.36. The molecule has 0 spiro atoms. The number of thioether (sulfide) groups is 1. The van der Waals surface area contributed by atoms with Crippen LogP contribution in [0.5, 0.6) is 0 Å². The number of ether oxygens (including phenoxy) is 1. The van der Waals surface area contributed by atoms with E-state index in [0.29, 0.717) is 17.3 Å². The molecule has 0 radical (unpaired) electrons. The third-order valence-electron chi connectivity index (χ3n) is 4.60. The third kappa shape index (κ3) is 5.85. The quantitative estimate of drug-likeness (QED) is 0.704. The Morgan fingerprint density at radius 2 is 2.11 bits per heavy atom. The van der Waals surface area contributed by atoms with Gasteiger partial charge in [-0.15, -0.1) is 11.8 Å². The van der Waals surface area contributed by atoms with Gasteiger partial charge in [0.15, 0.2) is 0 Å². The number of carbonyl (C=O) groups is 2. The average Bonchev–Trinajstić information content (AvgIpc) is 2.59. The molecule has 148 valence electrons. The number of hydrogen-bond acceptors (Lipinski definition) is 5. The summed E-state index contributed by atoms with van der Waals surface area (Å²) in [4.78, 5) is 27.8. The van der Waals surface area contributed by atoms with Gasteiger partial charge < -0.3 is 15.4 Å². The fraction of sp³-hybridized carbons (Fsp3) is 0.579. The average molecular weight is 412 g/mol. The number of halogens is 1. The zero-order chi connectivity index (χ0) is 19.4. The van der Waals surface area contributed by atoms with Crippen molar-refractivity contribution in [1.29, 1.82) is 0 Å². The number of rotatable bonds is 6. The fourth-order valence-electron chi connectivity index (χ4n) is 3.50. The molecule has 0 saturated carbocycles. The van der Waals surface area contributed by atoms with Crippen LogP contribution in [0, 0.1) is 0 Å². The van der Waals surface area contributed by atoms with Gasteiger partial charge in [-0.1, -0.05) is 11.6 Å². The maximum absolute atomic E-state index is 12.2. The highest BCUT2D eigenvalue weighted by atomic mass is 35.5. The first-order valence-electron chi connectivity index (χ1n) is 9.32. The second-order valence-corrected chi connectivity index (χ2v) is 8.84. The molecule has 2 aliphatic heterocycles. The Morgan fingerprint density at radius 3 is 2.85 bits per heavy atom. The first kappa shape index (κ1) is 20.5. The van der Waals surface area contributed by atoms with Crippen LogP contribution in [-0.2, 0) is 14.3 Å². The van der Waals surface area contributed by atoms with Gasteiger partial charge in [0, 0.05) is 42.5 Å². The molecule has 0 aromatic heterocycles. The van der Waals surface area contributed by atoms with Crippen molar-refractivity contribution in [3.8, 4) is 0 Å². The van der Waals surface area contributed by atoms with Gasteiger partial charge in [-0.2, -0.15) is 0 Å². The van der Waals surface area contributed by atoms with Crippen LogP contribution in [0.25, 0.3) is 0 Å². The zero-order valence-corrected chi connectivity index (χ0v) is 17.2. The largest absolute Gasteiger partial charge is 0.373 e. The number of fused-ring (bicyclic) bond motifs is 1. The van der Waals surface area contributed by atoms with E-state index in [1.54, 1.807) is 12.1 Å². The van der Waals surface area contributed by atoms with Crippen molar-refractivity contribution in [3.05, 3.63) is 23.2 Å². The first-order valence-corrected chi connectivity index (χ1v) is 10.6. The van der Waals surface area contributed by atoms with E-state index in [1.165, 1.54) is 11.8 Å². The van der Waals surface area contributed by atoms with E-state index in [1.807, 2.05) is 6.07 Å². The van der Waals surface area contributed by atoms with Crippen LogP contribution < -0.4 is 10.6 Å². The Hall–Kier alpha value is -1.28. The lowest BCUT2D eigenvalue weighted by Crippen LogP contribution is -2.46. The molecule has 2 amide bonds. The number of amides is 2. The number of morpholine rings is 1. The Balaban J connectivity index is 1.39. The Bertz CT molecular complexity index is 693. The van der Waals surface area contributed by atoms with E-state index < -0.39 is 5.25 Å². The lowest BCUT2D eigenvalue weighted by molar-refractivity contribution is -0.124. The van der Waals surface area contributed by atoms with Gasteiger partial charge in [-0.25, -0.2) is 0 Å². The third-order valence-corrected chi connectivity index (χ3v) is 6.11. The molecule has 3 atom stereocenters. The molecule has 2 N–H and O–H groups in total. The zero-order valence-electron chi connectivity index (χ0n) is 15.7. The van der Waals surface area contributed by atoms with E-state index in [-0.39, 0.29) is 30.4 Å². The van der Waals surface area contributed by atoms with Gasteiger partial charge in [0.2, 0.25) is 11.8 Å². The number of anilines is 1. The lowest BCUT2D eigenvalue weighted by atomic mass is 10.2. The predicted octanol–water partition coefficient (Wildman–Crippen LogP) is 2.76. The van der Waals surface area contributed by atoms with Crippen molar-refractivity contribution in [2.24, 2.45) is 0 Å². The molecule has 1 saturated heterocycles. The van der Waals surface area contributed by atoms with Crippen molar-refractivity contribution in [2.75, 3.05) is 31.5 Å². The van der Waals surface area contributed by atoms with Crippen molar-refractivity contribution in [3.63, 3.8) is 0 Å². The number of hydrogen-bond donors (Lipinski definition) is 2. The van der Waals surface area contributed by atoms with Gasteiger partial charge in [0.05, 0.1) is 23.1 Å². The molecule has 8 heteroatoms. The number of benzene rings is 1. The number of carbonyl (C=O) groups excluding carboxylic acids is 2. The second kappa shape index (κ2) is 9.28. The van der Waals surface area contributed by atoms with Crippen molar-refractivity contribution in [1.82, 2.24) is 10.2 Å². The molecule has 6 nitrogen and oxygen atoms in total. The first-order chi connectivity index (χ1) is 12.9. The molecule has 27 heavy (non-hydrogen) atoms. The lowest BCUT2D eigenvalue weighted by Gasteiger charge is -2.35. The van der Waals surface area contributed by atoms with Crippen molar-refractivity contribution < 1.29 is 14.3 Å². The molecule has 3 rings (SSSR count). The van der Waals surface area contributed by atoms with Crippen LogP contribution in [0.4, 0.5) is 5.69 Å². The summed E-state index contributed by atoms with van der Waals surface area (Å²) < 4.78 is 5.73. The van der Waals surface area contributed by atoms with E-state index in [4.69, 9.17) is 16.3 Å². The smallest absolute Gasteiger partial charge is 0.238 e. The van der Waals surface area contributed by atoms with Gasteiger partial charge in [-0.3, -0.25) is 14.5 Å². The van der Waals surface area contributed by atoms with Crippen LogP contribution in [0.2, 0.25) is 5.02 Å². The molecule has 2 aliphatic rings. The minimum atomic E-state index is -0.417. The van der Waals surface area contributed by atoms with Crippen LogP contribution in [-0.4, -0.2) is 60.4 Å².